The molecule has 0 N–H and O–H groups in total. The first-order valence-corrected chi connectivity index (χ1v) is 35.7. The minimum atomic E-state index is -0.826. The standard InChI is InChI=1S/2C30H41.C12H7Si.2ClH.Zr/c2*1-10-12-21-13-14-22-15-23(20(3)11-2)18-27(22)28(21)24-16-25(29(4,5)6)19-26(17-24)30(7,8)9;1-3-7-11-9(5-1)10-6-2-4-8-12(10)13-11;;;/h2*13-20H,10-12H2,1-9H3;1-7H;2*1H;/q3*-1;;;+2/p-2. The molecule has 1 aliphatic heterocycles. The Bertz CT molecular complexity index is 2910. The van der Waals surface area contributed by atoms with Crippen molar-refractivity contribution in [3.8, 4) is 33.4 Å². The quantitative estimate of drug-likeness (QED) is 0.0946. The molecule has 8 aromatic rings. The molecule has 4 heteroatoms. The summed E-state index contributed by atoms with van der Waals surface area (Å²) in [6.07, 6.45) is 6.95. The van der Waals surface area contributed by atoms with Gasteiger partial charge in [-0.05, 0) is 79.7 Å². The van der Waals surface area contributed by atoms with Gasteiger partial charge in [-0.1, -0.05) is 244 Å². The summed E-state index contributed by atoms with van der Waals surface area (Å²) >= 11 is -0.826. The van der Waals surface area contributed by atoms with Crippen LogP contribution in [0.4, 0.5) is 0 Å². The van der Waals surface area contributed by atoms with Crippen molar-refractivity contribution in [1.82, 2.24) is 0 Å². The van der Waals surface area contributed by atoms with Gasteiger partial charge in [-0.15, -0.1) is 74.6 Å². The number of fused-ring (bicyclic) bond motifs is 5. The molecular weight excluding hydrogens is 1060 g/mol. The zero-order chi connectivity index (χ0) is 55.9. The molecule has 76 heavy (non-hydrogen) atoms. The SMILES string of the molecule is CCCc1ccc2[cH-]c(C(C)CC)cc2c1-c1cc(C(C)(C)C)cc(C(C)(C)C)c1.CCCc1ccc2[cH-]c(C(C)CC)cc2c1-c1cc(C(C)(C)C)cc(C(C)(C)C)c1.[Cl][Zr][Cl].[c-]1cccc2c1[Si]c1ccccc1-2. The minimum Gasteiger partial charge on any atom is -0.184 e. The van der Waals surface area contributed by atoms with Crippen LogP contribution in [-0.2, 0) is 55.3 Å². The predicted octanol–water partition coefficient (Wildman–Crippen LogP) is 21.1. The molecule has 0 spiro atoms. The first kappa shape index (κ1) is 61.4. The number of hydrogen-bond acceptors (Lipinski definition) is 0. The van der Waals surface area contributed by atoms with Gasteiger partial charge in [0.05, 0.1) is 9.52 Å². The van der Waals surface area contributed by atoms with Crippen molar-refractivity contribution in [2.24, 2.45) is 0 Å². The summed E-state index contributed by atoms with van der Waals surface area (Å²) in [7, 11) is 10.7. The van der Waals surface area contributed by atoms with Crippen LogP contribution in [0.25, 0.3) is 54.9 Å². The van der Waals surface area contributed by atoms with E-state index in [0.29, 0.717) is 11.8 Å². The summed E-state index contributed by atoms with van der Waals surface area (Å²) in [6, 6.07) is 52.1. The largest absolute Gasteiger partial charge is 0.184 e. The smallest absolute Gasteiger partial charge is 0.0920 e. The Kier molecular flexibility index (Phi) is 21.0. The fourth-order valence-electron chi connectivity index (χ4n) is 10.4. The minimum absolute atomic E-state index is 0.128. The molecule has 1 aliphatic rings. The fourth-order valence-corrected chi connectivity index (χ4v) is 11.7. The summed E-state index contributed by atoms with van der Waals surface area (Å²) in [5.41, 5.74) is 20.6. The van der Waals surface area contributed by atoms with E-state index in [4.69, 9.17) is 17.0 Å². The van der Waals surface area contributed by atoms with Crippen LogP contribution in [0, 0.1) is 6.07 Å². The number of hydrogen-bond donors (Lipinski definition) is 0. The molecule has 8 aromatic carbocycles. The molecule has 2 unspecified atom stereocenters. The van der Waals surface area contributed by atoms with Crippen molar-refractivity contribution in [2.45, 2.75) is 197 Å². The van der Waals surface area contributed by atoms with E-state index in [-0.39, 0.29) is 21.7 Å². The van der Waals surface area contributed by atoms with E-state index < -0.39 is 20.8 Å². The van der Waals surface area contributed by atoms with Gasteiger partial charge >= 0.3 is 37.9 Å². The van der Waals surface area contributed by atoms with E-state index in [1.165, 1.54) is 135 Å². The Balaban J connectivity index is 0.000000192. The van der Waals surface area contributed by atoms with Crippen LogP contribution >= 0.6 is 17.0 Å². The first-order chi connectivity index (χ1) is 35.8. The predicted molar refractivity (Wildman–Crippen MR) is 338 cm³/mol. The van der Waals surface area contributed by atoms with Gasteiger partial charge in [0.2, 0.25) is 0 Å². The van der Waals surface area contributed by atoms with Crippen molar-refractivity contribution in [3.05, 3.63) is 178 Å². The molecule has 1 heterocycles. The number of aryl methyl sites for hydroxylation is 2. The number of benzene rings is 6. The summed E-state index contributed by atoms with van der Waals surface area (Å²) in [4.78, 5) is 0. The van der Waals surface area contributed by atoms with Crippen LogP contribution in [-0.4, -0.2) is 9.52 Å². The molecule has 0 aromatic heterocycles. The molecule has 9 rings (SSSR count). The second-order valence-electron chi connectivity index (χ2n) is 25.7. The van der Waals surface area contributed by atoms with Crippen molar-refractivity contribution >= 4 is 58.5 Å². The van der Waals surface area contributed by atoms with Gasteiger partial charge in [0.15, 0.2) is 0 Å². The maximum Gasteiger partial charge on any atom is 0.0920 e. The third kappa shape index (κ3) is 14.9. The second kappa shape index (κ2) is 26.0. The number of rotatable bonds is 10. The van der Waals surface area contributed by atoms with Crippen molar-refractivity contribution < 1.29 is 20.8 Å². The van der Waals surface area contributed by atoms with Gasteiger partial charge in [-0.25, -0.2) is 0 Å². The van der Waals surface area contributed by atoms with Crippen LogP contribution in [0.15, 0.2) is 127 Å². The average Bonchev–Trinajstić information content (AvgIpc) is 4.11. The zero-order valence-electron chi connectivity index (χ0n) is 49.8. The van der Waals surface area contributed by atoms with E-state index in [2.05, 4.69) is 252 Å². The summed E-state index contributed by atoms with van der Waals surface area (Å²) in [5.74, 6) is 1.21. The zero-order valence-corrected chi connectivity index (χ0v) is 54.7. The third-order valence-electron chi connectivity index (χ3n) is 15.6. The normalized spacial score (nSPS) is 13.2. The molecule has 0 fully saturated rings. The van der Waals surface area contributed by atoms with Crippen molar-refractivity contribution in [2.75, 3.05) is 0 Å². The molecule has 0 bridgehead atoms. The van der Waals surface area contributed by atoms with E-state index in [0.717, 1.165) is 22.4 Å². The average molecular weight is 1140 g/mol. The monoisotopic (exact) mass is 1140 g/mol. The van der Waals surface area contributed by atoms with Crippen molar-refractivity contribution in [1.29, 1.82) is 0 Å². The van der Waals surface area contributed by atoms with Gasteiger partial charge in [0, 0.05) is 0 Å². The molecular formula is C72H89Cl2SiZr-3. The topological polar surface area (TPSA) is 0 Å². The van der Waals surface area contributed by atoms with Gasteiger partial charge in [0.25, 0.3) is 0 Å². The molecule has 402 valence electrons. The fraction of sp³-hybridized carbons (Fsp3) is 0.417. The Labute approximate surface area is 483 Å². The second-order valence-corrected chi connectivity index (χ2v) is 30.7. The third-order valence-corrected chi connectivity index (χ3v) is 17.0. The van der Waals surface area contributed by atoms with E-state index in [9.17, 15) is 0 Å². The summed E-state index contributed by atoms with van der Waals surface area (Å²) in [5, 5.41) is 8.46. The maximum atomic E-state index is 4.93. The Morgan fingerprint density at radius 1 is 0.500 bits per heavy atom. The van der Waals surface area contributed by atoms with Crippen LogP contribution in [0.3, 0.4) is 0 Å². The van der Waals surface area contributed by atoms with Crippen LogP contribution in [0.2, 0.25) is 0 Å². The van der Waals surface area contributed by atoms with Gasteiger partial charge in [0.1, 0.15) is 0 Å². The van der Waals surface area contributed by atoms with E-state index in [1.807, 2.05) is 6.07 Å². The molecule has 0 amide bonds. The summed E-state index contributed by atoms with van der Waals surface area (Å²) in [6.45, 7) is 41.8. The molecule has 0 aliphatic carbocycles. The molecule has 0 saturated carbocycles. The Hall–Kier alpha value is -3.78. The Morgan fingerprint density at radius 3 is 1.25 bits per heavy atom. The molecule has 2 radical (unpaired) electrons. The molecule has 2 atom stereocenters. The van der Waals surface area contributed by atoms with E-state index >= 15 is 0 Å². The number of halogens is 2. The van der Waals surface area contributed by atoms with Gasteiger partial charge in [-0.2, -0.15) is 41.6 Å². The van der Waals surface area contributed by atoms with Crippen LogP contribution in [0.1, 0.15) is 207 Å². The van der Waals surface area contributed by atoms with Crippen LogP contribution in [0.5, 0.6) is 0 Å². The van der Waals surface area contributed by atoms with Gasteiger partial charge in [-0.3, -0.25) is 0 Å². The molecule has 0 saturated heterocycles. The van der Waals surface area contributed by atoms with E-state index in [1.54, 1.807) is 0 Å². The first-order valence-electron chi connectivity index (χ1n) is 28.4. The van der Waals surface area contributed by atoms with Crippen LogP contribution < -0.4 is 10.4 Å². The Morgan fingerprint density at radius 2 is 0.882 bits per heavy atom. The maximum absolute atomic E-state index is 4.93. The van der Waals surface area contributed by atoms with Gasteiger partial charge < -0.3 is 0 Å². The van der Waals surface area contributed by atoms with Crippen molar-refractivity contribution in [3.63, 3.8) is 0 Å². The summed E-state index contributed by atoms with van der Waals surface area (Å²) < 4.78 is 0. The molecule has 0 nitrogen and oxygen atoms in total.